The monoisotopic (exact) mass is 337 g/mol. The molecule has 1 saturated heterocycles. The number of hydrogen-bond acceptors (Lipinski definition) is 4. The van der Waals surface area contributed by atoms with E-state index in [0.29, 0.717) is 11.6 Å². The molecule has 2 aromatic rings. The molecule has 1 aliphatic heterocycles. The molecule has 122 valence electrons. The number of carbonyl (C=O) groups excluding carboxylic acids is 1. The van der Waals surface area contributed by atoms with E-state index in [-0.39, 0.29) is 11.2 Å². The van der Waals surface area contributed by atoms with Crippen molar-refractivity contribution in [2.24, 2.45) is 10.2 Å². The van der Waals surface area contributed by atoms with Gasteiger partial charge in [0.1, 0.15) is 0 Å². The van der Waals surface area contributed by atoms with Crippen LogP contribution in [-0.4, -0.2) is 22.5 Å². The molecule has 2 aromatic carbocycles. The van der Waals surface area contributed by atoms with Crippen LogP contribution in [0.25, 0.3) is 0 Å². The molecular formula is C19H19N3OS. The Labute approximate surface area is 146 Å². The van der Waals surface area contributed by atoms with Crippen LogP contribution in [0.1, 0.15) is 22.3 Å². The third-order valence-corrected chi connectivity index (χ3v) is 5.05. The van der Waals surface area contributed by atoms with Gasteiger partial charge in [-0.2, -0.15) is 5.10 Å². The van der Waals surface area contributed by atoms with Gasteiger partial charge in [-0.3, -0.25) is 4.79 Å². The molecule has 3 rings (SSSR count). The minimum Gasteiger partial charge on any atom is -0.303 e. The van der Waals surface area contributed by atoms with Crippen LogP contribution >= 0.6 is 11.8 Å². The number of rotatable bonds is 4. The molecule has 0 aromatic heterocycles. The number of carbonyl (C=O) groups is 1. The van der Waals surface area contributed by atoms with Gasteiger partial charge in [0.25, 0.3) is 0 Å². The topological polar surface area (TPSA) is 53.8 Å². The van der Waals surface area contributed by atoms with Crippen LogP contribution in [-0.2, 0) is 11.2 Å². The fourth-order valence-corrected chi connectivity index (χ4v) is 3.45. The minimum absolute atomic E-state index is 0.00639. The Morgan fingerprint density at radius 2 is 1.79 bits per heavy atom. The van der Waals surface area contributed by atoms with Crippen LogP contribution < -0.4 is 5.32 Å². The zero-order valence-electron chi connectivity index (χ0n) is 13.7. The molecule has 0 aliphatic carbocycles. The van der Waals surface area contributed by atoms with Crippen LogP contribution in [0.4, 0.5) is 0 Å². The van der Waals surface area contributed by atoms with Crippen molar-refractivity contribution in [3.63, 3.8) is 0 Å². The molecule has 1 amide bonds. The molecule has 0 unspecified atom stereocenters. The summed E-state index contributed by atoms with van der Waals surface area (Å²) in [6.45, 7) is 4.09. The second kappa shape index (κ2) is 7.45. The van der Waals surface area contributed by atoms with Gasteiger partial charge in [0, 0.05) is 0 Å². The second-order valence-electron chi connectivity index (χ2n) is 5.73. The maximum Gasteiger partial charge on any atom is 0.239 e. The van der Waals surface area contributed by atoms with Crippen LogP contribution in [0.2, 0.25) is 0 Å². The van der Waals surface area contributed by atoms with E-state index >= 15 is 0 Å². The molecule has 0 spiro atoms. The maximum absolute atomic E-state index is 12.1. The van der Waals surface area contributed by atoms with Crippen molar-refractivity contribution < 1.29 is 4.79 Å². The summed E-state index contributed by atoms with van der Waals surface area (Å²) in [5, 5.41) is 11.5. The van der Waals surface area contributed by atoms with Crippen molar-refractivity contribution in [1.82, 2.24) is 5.32 Å². The Morgan fingerprint density at radius 1 is 1.08 bits per heavy atom. The summed E-state index contributed by atoms with van der Waals surface area (Å²) in [6, 6.07) is 16.1. The lowest BCUT2D eigenvalue weighted by Gasteiger charge is -2.07. The Balaban J connectivity index is 1.66. The predicted octanol–water partition coefficient (Wildman–Crippen LogP) is 3.47. The highest BCUT2D eigenvalue weighted by Crippen LogP contribution is 2.24. The van der Waals surface area contributed by atoms with Gasteiger partial charge in [0.05, 0.1) is 11.5 Å². The zero-order valence-corrected chi connectivity index (χ0v) is 14.5. The van der Waals surface area contributed by atoms with Crippen molar-refractivity contribution in [3.8, 4) is 0 Å². The second-order valence-corrected chi connectivity index (χ2v) is 6.92. The smallest absolute Gasteiger partial charge is 0.239 e. The van der Waals surface area contributed by atoms with Gasteiger partial charge in [-0.25, -0.2) is 0 Å². The predicted molar refractivity (Wildman–Crippen MR) is 101 cm³/mol. The Bertz CT molecular complexity index is 814. The molecule has 1 atom stereocenters. The van der Waals surface area contributed by atoms with E-state index in [1.807, 2.05) is 43.3 Å². The number of nitrogens with one attached hydrogen (secondary N) is 1. The van der Waals surface area contributed by atoms with Gasteiger partial charge < -0.3 is 5.32 Å². The van der Waals surface area contributed by atoms with Crippen molar-refractivity contribution >= 4 is 29.1 Å². The molecule has 4 nitrogen and oxygen atoms in total. The number of nitrogens with zero attached hydrogens (tertiary/aromatic N) is 2. The van der Waals surface area contributed by atoms with Crippen LogP contribution in [0.3, 0.4) is 0 Å². The van der Waals surface area contributed by atoms with Gasteiger partial charge in [-0.05, 0) is 42.5 Å². The molecule has 0 bridgehead atoms. The normalized spacial score (nSPS) is 19.2. The summed E-state index contributed by atoms with van der Waals surface area (Å²) in [7, 11) is 0. The fraction of sp³-hybridized carbons (Fsp3) is 0.211. The van der Waals surface area contributed by atoms with E-state index in [4.69, 9.17) is 0 Å². The summed E-state index contributed by atoms with van der Waals surface area (Å²) < 4.78 is 0. The van der Waals surface area contributed by atoms with Gasteiger partial charge in [0.15, 0.2) is 5.17 Å². The van der Waals surface area contributed by atoms with Gasteiger partial charge in [0.2, 0.25) is 5.91 Å². The first kappa shape index (κ1) is 16.5. The van der Waals surface area contributed by atoms with Gasteiger partial charge in [-0.15, -0.1) is 5.10 Å². The number of hydrogen-bond donors (Lipinski definition) is 1. The fourth-order valence-electron chi connectivity index (χ4n) is 2.50. The molecule has 0 radical (unpaired) electrons. The quantitative estimate of drug-likeness (QED) is 0.686. The molecule has 1 N–H and O–H groups in total. The van der Waals surface area contributed by atoms with E-state index in [1.54, 1.807) is 6.21 Å². The lowest BCUT2D eigenvalue weighted by molar-refractivity contribution is -0.118. The third kappa shape index (κ3) is 3.92. The Morgan fingerprint density at radius 3 is 2.54 bits per heavy atom. The Kier molecular flexibility index (Phi) is 5.11. The number of benzene rings is 2. The molecule has 5 heteroatoms. The van der Waals surface area contributed by atoms with E-state index < -0.39 is 0 Å². The van der Waals surface area contributed by atoms with Gasteiger partial charge in [-0.1, -0.05) is 60.3 Å². The average molecular weight is 337 g/mol. The van der Waals surface area contributed by atoms with Crippen LogP contribution in [0.15, 0.2) is 58.7 Å². The first-order chi connectivity index (χ1) is 11.6. The van der Waals surface area contributed by atoms with Gasteiger partial charge >= 0.3 is 0 Å². The van der Waals surface area contributed by atoms with Crippen molar-refractivity contribution in [3.05, 3.63) is 70.8 Å². The lowest BCUT2D eigenvalue weighted by Crippen LogP contribution is -2.26. The summed E-state index contributed by atoms with van der Waals surface area (Å²) >= 11 is 1.44. The molecule has 0 saturated carbocycles. The van der Waals surface area contributed by atoms with E-state index in [0.717, 1.165) is 11.1 Å². The van der Waals surface area contributed by atoms with Crippen molar-refractivity contribution in [2.75, 3.05) is 0 Å². The molecule has 1 aliphatic rings. The molecule has 24 heavy (non-hydrogen) atoms. The zero-order chi connectivity index (χ0) is 16.9. The summed E-state index contributed by atoms with van der Waals surface area (Å²) in [6.07, 6.45) is 2.41. The van der Waals surface area contributed by atoms with Crippen molar-refractivity contribution in [2.45, 2.75) is 25.5 Å². The highest BCUT2D eigenvalue weighted by Gasteiger charge is 2.30. The maximum atomic E-state index is 12.1. The Hall–Kier alpha value is -2.40. The van der Waals surface area contributed by atoms with Crippen molar-refractivity contribution in [1.29, 1.82) is 0 Å². The SMILES string of the molecule is Cc1ccccc1/C=N\N=C1/NC(=O)[C@@H](Cc2ccccc2C)S1. The number of aryl methyl sites for hydroxylation is 2. The first-order valence-electron chi connectivity index (χ1n) is 7.82. The largest absolute Gasteiger partial charge is 0.303 e. The molecule has 1 heterocycles. The van der Waals surface area contributed by atoms with Crippen LogP contribution in [0.5, 0.6) is 0 Å². The number of amidine groups is 1. The van der Waals surface area contributed by atoms with Crippen LogP contribution in [0, 0.1) is 13.8 Å². The standard InChI is InChI=1S/C19H19N3OS/c1-13-7-3-5-9-15(13)11-17-18(23)21-19(24-17)22-20-12-16-10-6-4-8-14(16)2/h3-10,12,17H,11H2,1-2H3,(H,21,22,23)/b20-12-/t17-/m1/s1. The average Bonchev–Trinajstić information content (AvgIpc) is 2.91. The van der Waals surface area contributed by atoms with E-state index in [1.165, 1.54) is 22.9 Å². The number of amides is 1. The summed E-state index contributed by atoms with van der Waals surface area (Å²) in [5.41, 5.74) is 4.55. The third-order valence-electron chi connectivity index (χ3n) is 3.98. The summed E-state index contributed by atoms with van der Waals surface area (Å²) in [5.74, 6) is -0.00639. The van der Waals surface area contributed by atoms with E-state index in [9.17, 15) is 4.79 Å². The van der Waals surface area contributed by atoms with E-state index in [2.05, 4.69) is 34.6 Å². The lowest BCUT2D eigenvalue weighted by atomic mass is 10.0. The molecular weight excluding hydrogens is 318 g/mol. The first-order valence-corrected chi connectivity index (χ1v) is 8.70. The highest BCUT2D eigenvalue weighted by molar-refractivity contribution is 8.15. The summed E-state index contributed by atoms with van der Waals surface area (Å²) in [4.78, 5) is 12.1. The molecule has 1 fully saturated rings. The number of thioether (sulfide) groups is 1. The highest BCUT2D eigenvalue weighted by atomic mass is 32.2. The minimum atomic E-state index is -0.154.